The minimum atomic E-state index is -1.13. The number of benzene rings is 1. The summed E-state index contributed by atoms with van der Waals surface area (Å²) in [5.74, 6) is 1.76. The molecule has 2 heterocycles. The van der Waals surface area contributed by atoms with Crippen LogP contribution in [0.1, 0.15) is 99.9 Å². The van der Waals surface area contributed by atoms with Crippen LogP contribution in [0.15, 0.2) is 36.5 Å². The van der Waals surface area contributed by atoms with Gasteiger partial charge in [0.15, 0.2) is 0 Å². The Morgan fingerprint density at radius 2 is 1.85 bits per heavy atom. The molecule has 2 aliphatic carbocycles. The summed E-state index contributed by atoms with van der Waals surface area (Å²) in [5, 5.41) is 19.7. The number of aliphatic hydroxyl groups is 1. The maximum atomic E-state index is 13.1. The summed E-state index contributed by atoms with van der Waals surface area (Å²) in [7, 11) is 0. The molecule has 6 nitrogen and oxygen atoms in total. The van der Waals surface area contributed by atoms with Crippen molar-refractivity contribution in [1.82, 2.24) is 14.8 Å². The SMILES string of the molecule is CC(C)[C@H]1CC[C@H](n2cc3cc(NC(=O)c4cccc(C5CC5)n4)c(C(C)(C)O)cc3n2)CC1. The van der Waals surface area contributed by atoms with Gasteiger partial charge in [0.2, 0.25) is 0 Å². The van der Waals surface area contributed by atoms with E-state index < -0.39 is 5.60 Å². The Labute approximate surface area is 201 Å². The van der Waals surface area contributed by atoms with Crippen LogP contribution >= 0.6 is 0 Å². The topological polar surface area (TPSA) is 80.0 Å². The number of hydrogen-bond acceptors (Lipinski definition) is 4. The molecule has 5 rings (SSSR count). The standard InChI is InChI=1S/C28H36N4O2/c1-17(2)18-10-12-21(13-11-18)32-16-20-14-26(22(28(3,4)34)15-25(20)31-32)30-27(33)24-7-5-6-23(29-24)19-8-9-19/h5-7,14-19,21,34H,8-13H2,1-4H3,(H,30,33)/t18-,21-. The van der Waals surface area contributed by atoms with Gasteiger partial charge in [-0.05, 0) is 88.5 Å². The summed E-state index contributed by atoms with van der Waals surface area (Å²) < 4.78 is 2.10. The van der Waals surface area contributed by atoms with Gasteiger partial charge in [0.05, 0.1) is 17.2 Å². The summed E-state index contributed by atoms with van der Waals surface area (Å²) in [4.78, 5) is 17.7. The first-order valence-corrected chi connectivity index (χ1v) is 12.7. The first-order valence-electron chi connectivity index (χ1n) is 12.7. The van der Waals surface area contributed by atoms with Gasteiger partial charge < -0.3 is 10.4 Å². The number of amides is 1. The third-order valence-electron chi connectivity index (χ3n) is 7.63. The lowest BCUT2D eigenvalue weighted by Gasteiger charge is -2.30. The summed E-state index contributed by atoms with van der Waals surface area (Å²) >= 11 is 0. The third kappa shape index (κ3) is 4.74. The quantitative estimate of drug-likeness (QED) is 0.461. The summed E-state index contributed by atoms with van der Waals surface area (Å²) in [6.45, 7) is 8.11. The van der Waals surface area contributed by atoms with Crippen molar-refractivity contribution in [2.75, 3.05) is 5.32 Å². The van der Waals surface area contributed by atoms with Gasteiger partial charge in [0.1, 0.15) is 5.69 Å². The smallest absolute Gasteiger partial charge is 0.274 e. The van der Waals surface area contributed by atoms with E-state index in [0.29, 0.717) is 28.9 Å². The van der Waals surface area contributed by atoms with Crippen molar-refractivity contribution in [3.05, 3.63) is 53.5 Å². The number of aromatic nitrogens is 3. The molecular weight excluding hydrogens is 424 g/mol. The fourth-order valence-electron chi connectivity index (χ4n) is 5.29. The van der Waals surface area contributed by atoms with E-state index in [0.717, 1.165) is 54.1 Å². The number of rotatable bonds is 6. The molecule has 2 saturated carbocycles. The Hall–Kier alpha value is -2.73. The minimum Gasteiger partial charge on any atom is -0.386 e. The van der Waals surface area contributed by atoms with E-state index in [1.807, 2.05) is 24.3 Å². The van der Waals surface area contributed by atoms with Crippen molar-refractivity contribution in [2.45, 2.75) is 83.8 Å². The van der Waals surface area contributed by atoms with Crippen LogP contribution in [0.3, 0.4) is 0 Å². The van der Waals surface area contributed by atoms with Gasteiger partial charge in [-0.25, -0.2) is 4.98 Å². The Bertz CT molecular complexity index is 1190. The van der Waals surface area contributed by atoms with E-state index in [2.05, 4.69) is 35.0 Å². The minimum absolute atomic E-state index is 0.258. The third-order valence-corrected chi connectivity index (χ3v) is 7.63. The highest BCUT2D eigenvalue weighted by molar-refractivity contribution is 6.04. The van der Waals surface area contributed by atoms with Crippen molar-refractivity contribution >= 4 is 22.5 Å². The van der Waals surface area contributed by atoms with Gasteiger partial charge in [0.25, 0.3) is 5.91 Å². The van der Waals surface area contributed by atoms with Crippen molar-refractivity contribution in [3.8, 4) is 0 Å². The predicted molar refractivity (Wildman–Crippen MR) is 135 cm³/mol. The number of nitrogens with one attached hydrogen (secondary N) is 1. The maximum absolute atomic E-state index is 13.1. The van der Waals surface area contributed by atoms with E-state index in [1.54, 1.807) is 19.9 Å². The highest BCUT2D eigenvalue weighted by Crippen LogP contribution is 2.39. The average molecular weight is 461 g/mol. The molecule has 0 unspecified atom stereocenters. The van der Waals surface area contributed by atoms with Crippen LogP contribution in [-0.2, 0) is 5.60 Å². The molecule has 180 valence electrons. The molecule has 2 fully saturated rings. The lowest BCUT2D eigenvalue weighted by Crippen LogP contribution is -2.21. The first kappa shape index (κ1) is 23.0. The zero-order chi connectivity index (χ0) is 24.0. The molecule has 3 aromatic rings. The Balaban J connectivity index is 1.43. The van der Waals surface area contributed by atoms with Gasteiger partial charge in [-0.3, -0.25) is 9.48 Å². The molecule has 6 heteroatoms. The molecule has 0 aliphatic heterocycles. The van der Waals surface area contributed by atoms with Crippen molar-refractivity contribution < 1.29 is 9.90 Å². The Morgan fingerprint density at radius 1 is 1.12 bits per heavy atom. The highest BCUT2D eigenvalue weighted by Gasteiger charge is 2.28. The second-order valence-corrected chi connectivity index (χ2v) is 11.1. The molecule has 2 aliphatic rings. The van der Waals surface area contributed by atoms with E-state index in [1.165, 1.54) is 12.8 Å². The van der Waals surface area contributed by atoms with Crippen molar-refractivity contribution in [1.29, 1.82) is 0 Å². The van der Waals surface area contributed by atoms with Crippen molar-refractivity contribution in [2.24, 2.45) is 11.8 Å². The van der Waals surface area contributed by atoms with E-state index in [9.17, 15) is 9.90 Å². The summed E-state index contributed by atoms with van der Waals surface area (Å²) in [6, 6.07) is 9.89. The van der Waals surface area contributed by atoms with Crippen LogP contribution in [0.4, 0.5) is 5.69 Å². The number of hydrogen-bond donors (Lipinski definition) is 2. The molecule has 0 atom stereocenters. The Morgan fingerprint density at radius 3 is 2.50 bits per heavy atom. The van der Waals surface area contributed by atoms with E-state index in [-0.39, 0.29) is 5.91 Å². The monoisotopic (exact) mass is 460 g/mol. The number of fused-ring (bicyclic) bond motifs is 1. The summed E-state index contributed by atoms with van der Waals surface area (Å²) in [5.41, 5.74) is 2.37. The van der Waals surface area contributed by atoms with Crippen LogP contribution in [0.25, 0.3) is 10.9 Å². The normalized spacial score (nSPS) is 21.2. The second kappa shape index (κ2) is 8.81. The van der Waals surface area contributed by atoms with Crippen LogP contribution in [0.5, 0.6) is 0 Å². The first-order chi connectivity index (χ1) is 16.2. The average Bonchev–Trinajstić information content (AvgIpc) is 3.57. The van der Waals surface area contributed by atoms with Gasteiger partial charge in [-0.1, -0.05) is 19.9 Å². The maximum Gasteiger partial charge on any atom is 0.274 e. The number of anilines is 1. The van der Waals surface area contributed by atoms with Crippen LogP contribution in [0, 0.1) is 11.8 Å². The number of nitrogens with zero attached hydrogens (tertiary/aromatic N) is 3. The Kier molecular flexibility index (Phi) is 5.96. The zero-order valence-electron chi connectivity index (χ0n) is 20.7. The van der Waals surface area contributed by atoms with Crippen LogP contribution in [0.2, 0.25) is 0 Å². The number of carbonyl (C=O) groups is 1. The number of carbonyl (C=O) groups excluding carboxylic acids is 1. The lowest BCUT2D eigenvalue weighted by atomic mass is 9.80. The van der Waals surface area contributed by atoms with Crippen molar-refractivity contribution in [3.63, 3.8) is 0 Å². The van der Waals surface area contributed by atoms with Crippen LogP contribution in [-0.4, -0.2) is 25.8 Å². The molecule has 0 bridgehead atoms. The molecule has 0 saturated heterocycles. The summed E-state index contributed by atoms with van der Waals surface area (Å²) in [6.07, 6.45) is 9.12. The van der Waals surface area contributed by atoms with Gasteiger partial charge >= 0.3 is 0 Å². The fourth-order valence-corrected chi connectivity index (χ4v) is 5.29. The molecule has 0 radical (unpaired) electrons. The van der Waals surface area contributed by atoms with Gasteiger partial charge in [-0.2, -0.15) is 5.10 Å². The van der Waals surface area contributed by atoms with E-state index >= 15 is 0 Å². The molecule has 0 spiro atoms. The number of pyridine rings is 1. The molecule has 1 aromatic carbocycles. The molecule has 2 aromatic heterocycles. The molecular formula is C28H36N4O2. The zero-order valence-corrected chi connectivity index (χ0v) is 20.7. The largest absolute Gasteiger partial charge is 0.386 e. The fraction of sp³-hybridized carbons (Fsp3) is 0.536. The molecule has 34 heavy (non-hydrogen) atoms. The van der Waals surface area contributed by atoms with E-state index in [4.69, 9.17) is 5.10 Å². The molecule has 1 amide bonds. The second-order valence-electron chi connectivity index (χ2n) is 11.1. The lowest BCUT2D eigenvalue weighted by molar-refractivity contribution is 0.0793. The highest BCUT2D eigenvalue weighted by atomic mass is 16.3. The van der Waals surface area contributed by atoms with Crippen LogP contribution < -0.4 is 5.32 Å². The molecule has 2 N–H and O–H groups in total. The predicted octanol–water partition coefficient (Wildman–Crippen LogP) is 6.18. The van der Waals surface area contributed by atoms with Gasteiger partial charge in [-0.15, -0.1) is 0 Å². The van der Waals surface area contributed by atoms with Gasteiger partial charge in [0, 0.05) is 34.4 Å².